The van der Waals surface area contributed by atoms with Gasteiger partial charge in [0.15, 0.2) is 5.09 Å². The Balaban J connectivity index is 2.15. The molecule has 2 aromatic heterocycles. The molecular weight excluding hydrogens is 214 g/mol. The normalized spacial score (nSPS) is 10.1. The van der Waals surface area contributed by atoms with Crippen molar-refractivity contribution in [2.75, 3.05) is 0 Å². The van der Waals surface area contributed by atoms with Crippen molar-refractivity contribution < 1.29 is 14.3 Å². The van der Waals surface area contributed by atoms with Crippen molar-refractivity contribution in [1.82, 2.24) is 4.98 Å². The highest BCUT2D eigenvalue weighted by atomic mass is 32.2. The van der Waals surface area contributed by atoms with Gasteiger partial charge in [-0.2, -0.15) is 0 Å². The third kappa shape index (κ3) is 2.38. The van der Waals surface area contributed by atoms with Gasteiger partial charge in [0, 0.05) is 6.20 Å². The Bertz CT molecular complexity index is 467. The van der Waals surface area contributed by atoms with Crippen molar-refractivity contribution in [1.29, 1.82) is 0 Å². The van der Waals surface area contributed by atoms with Gasteiger partial charge in [-0.15, -0.1) is 0 Å². The number of carboxylic acid groups (broad SMARTS) is 1. The molecule has 0 amide bonds. The molecule has 0 saturated carbocycles. The average Bonchev–Trinajstić information content (AvgIpc) is 2.68. The van der Waals surface area contributed by atoms with Gasteiger partial charge in [0.1, 0.15) is 5.03 Å². The average molecular weight is 221 g/mol. The van der Waals surface area contributed by atoms with Crippen molar-refractivity contribution >= 4 is 17.7 Å². The second-order valence-corrected chi connectivity index (χ2v) is 3.72. The van der Waals surface area contributed by atoms with E-state index < -0.39 is 5.97 Å². The zero-order chi connectivity index (χ0) is 10.7. The number of rotatable bonds is 3. The van der Waals surface area contributed by atoms with Crippen LogP contribution in [-0.2, 0) is 0 Å². The number of aromatic carboxylic acids is 1. The van der Waals surface area contributed by atoms with Crippen LogP contribution in [0.5, 0.6) is 0 Å². The van der Waals surface area contributed by atoms with E-state index in [1.54, 1.807) is 12.3 Å². The van der Waals surface area contributed by atoms with Crippen molar-refractivity contribution in [2.45, 2.75) is 10.1 Å². The highest BCUT2D eigenvalue weighted by Crippen LogP contribution is 2.27. The predicted octanol–water partition coefficient (Wildman–Crippen LogP) is 2.52. The summed E-state index contributed by atoms with van der Waals surface area (Å²) in [5.41, 5.74) is 0. The van der Waals surface area contributed by atoms with Gasteiger partial charge in [-0.05, 0) is 36.0 Å². The lowest BCUT2D eigenvalue weighted by atomic mass is 10.5. The summed E-state index contributed by atoms with van der Waals surface area (Å²) in [6, 6.07) is 8.54. The molecule has 0 fully saturated rings. The van der Waals surface area contributed by atoms with Crippen molar-refractivity contribution in [3.05, 3.63) is 42.3 Å². The van der Waals surface area contributed by atoms with E-state index in [0.29, 0.717) is 5.09 Å². The van der Waals surface area contributed by atoms with E-state index in [-0.39, 0.29) is 5.76 Å². The maximum atomic E-state index is 10.5. The zero-order valence-corrected chi connectivity index (χ0v) is 8.40. The highest BCUT2D eigenvalue weighted by Gasteiger charge is 2.09. The number of hydrogen-bond acceptors (Lipinski definition) is 4. The molecule has 5 heteroatoms. The molecule has 0 saturated heterocycles. The maximum Gasteiger partial charge on any atom is 0.371 e. The fourth-order valence-electron chi connectivity index (χ4n) is 1.00. The fourth-order valence-corrected chi connectivity index (χ4v) is 1.73. The largest absolute Gasteiger partial charge is 0.475 e. The van der Waals surface area contributed by atoms with E-state index in [4.69, 9.17) is 9.52 Å². The van der Waals surface area contributed by atoms with E-state index in [9.17, 15) is 4.79 Å². The fraction of sp³-hybridized carbons (Fsp3) is 0. The van der Waals surface area contributed by atoms with E-state index >= 15 is 0 Å². The van der Waals surface area contributed by atoms with Gasteiger partial charge in [-0.1, -0.05) is 6.07 Å². The molecule has 0 bridgehead atoms. The summed E-state index contributed by atoms with van der Waals surface area (Å²) in [7, 11) is 0. The van der Waals surface area contributed by atoms with Crippen LogP contribution in [0.4, 0.5) is 0 Å². The molecule has 1 N–H and O–H groups in total. The molecule has 2 aromatic rings. The van der Waals surface area contributed by atoms with Gasteiger partial charge in [-0.25, -0.2) is 9.78 Å². The number of carboxylic acids is 1. The summed E-state index contributed by atoms with van der Waals surface area (Å²) in [5.74, 6) is -1.13. The highest BCUT2D eigenvalue weighted by molar-refractivity contribution is 7.99. The summed E-state index contributed by atoms with van der Waals surface area (Å²) in [5, 5.41) is 9.93. The third-order valence-corrected chi connectivity index (χ3v) is 2.51. The first-order chi connectivity index (χ1) is 7.25. The molecule has 76 valence electrons. The molecule has 0 radical (unpaired) electrons. The minimum atomic E-state index is -1.07. The number of carbonyl (C=O) groups is 1. The Hall–Kier alpha value is -1.75. The summed E-state index contributed by atoms with van der Waals surface area (Å²) in [6.07, 6.45) is 1.67. The number of pyridine rings is 1. The predicted molar refractivity (Wildman–Crippen MR) is 54.0 cm³/mol. The first kappa shape index (κ1) is 9.79. The molecular formula is C10H7NO3S. The van der Waals surface area contributed by atoms with Gasteiger partial charge < -0.3 is 9.52 Å². The van der Waals surface area contributed by atoms with Crippen LogP contribution in [0.3, 0.4) is 0 Å². The summed E-state index contributed by atoms with van der Waals surface area (Å²) < 4.78 is 5.07. The van der Waals surface area contributed by atoms with Gasteiger partial charge in [0.2, 0.25) is 5.76 Å². The Morgan fingerprint density at radius 3 is 2.80 bits per heavy atom. The number of aromatic nitrogens is 1. The first-order valence-corrected chi connectivity index (χ1v) is 4.99. The lowest BCUT2D eigenvalue weighted by Gasteiger charge is -1.94. The van der Waals surface area contributed by atoms with Gasteiger partial charge in [-0.3, -0.25) is 0 Å². The Morgan fingerprint density at radius 1 is 1.33 bits per heavy atom. The van der Waals surface area contributed by atoms with E-state index in [0.717, 1.165) is 5.03 Å². The number of hydrogen-bond donors (Lipinski definition) is 1. The Kier molecular flexibility index (Phi) is 2.73. The van der Waals surface area contributed by atoms with Crippen LogP contribution in [-0.4, -0.2) is 16.1 Å². The van der Waals surface area contributed by atoms with Crippen molar-refractivity contribution in [3.8, 4) is 0 Å². The molecule has 0 aliphatic carbocycles. The SMILES string of the molecule is O=C(O)c1ccc(Sc2ccccn2)o1. The Morgan fingerprint density at radius 2 is 2.20 bits per heavy atom. The topological polar surface area (TPSA) is 63.3 Å². The van der Waals surface area contributed by atoms with Crippen LogP contribution >= 0.6 is 11.8 Å². The van der Waals surface area contributed by atoms with Gasteiger partial charge in [0.05, 0.1) is 0 Å². The monoisotopic (exact) mass is 221 g/mol. The first-order valence-electron chi connectivity index (χ1n) is 4.18. The quantitative estimate of drug-likeness (QED) is 0.862. The van der Waals surface area contributed by atoms with E-state index in [2.05, 4.69) is 4.98 Å². The molecule has 2 rings (SSSR count). The molecule has 0 spiro atoms. The molecule has 4 nitrogen and oxygen atoms in total. The van der Waals surface area contributed by atoms with Crippen LogP contribution in [0.2, 0.25) is 0 Å². The van der Waals surface area contributed by atoms with E-state index in [1.165, 1.54) is 17.8 Å². The molecule has 0 aromatic carbocycles. The van der Waals surface area contributed by atoms with Crippen molar-refractivity contribution in [2.24, 2.45) is 0 Å². The zero-order valence-electron chi connectivity index (χ0n) is 7.58. The standard InChI is InChI=1S/C10H7NO3S/c12-10(13)7-4-5-9(14-7)15-8-3-1-2-6-11-8/h1-6H,(H,12,13). The van der Waals surface area contributed by atoms with Crippen molar-refractivity contribution in [3.63, 3.8) is 0 Å². The molecule has 0 atom stereocenters. The summed E-state index contributed by atoms with van der Waals surface area (Å²) in [4.78, 5) is 14.6. The third-order valence-electron chi connectivity index (χ3n) is 1.64. The lowest BCUT2D eigenvalue weighted by Crippen LogP contribution is -1.91. The van der Waals surface area contributed by atoms with Crippen LogP contribution in [0.1, 0.15) is 10.6 Å². The van der Waals surface area contributed by atoms with Crippen LogP contribution < -0.4 is 0 Å². The van der Waals surface area contributed by atoms with Crippen LogP contribution in [0, 0.1) is 0 Å². The smallest absolute Gasteiger partial charge is 0.371 e. The van der Waals surface area contributed by atoms with Crippen LogP contribution in [0.25, 0.3) is 0 Å². The Labute approximate surface area is 89.9 Å². The minimum absolute atomic E-state index is 0.0616. The molecule has 0 aliphatic heterocycles. The number of furan rings is 1. The second-order valence-electron chi connectivity index (χ2n) is 2.69. The van der Waals surface area contributed by atoms with Gasteiger partial charge in [0.25, 0.3) is 0 Å². The summed E-state index contributed by atoms with van der Waals surface area (Å²) >= 11 is 1.28. The lowest BCUT2D eigenvalue weighted by molar-refractivity contribution is 0.0656. The van der Waals surface area contributed by atoms with E-state index in [1.807, 2.05) is 18.2 Å². The summed E-state index contributed by atoms with van der Waals surface area (Å²) in [6.45, 7) is 0. The minimum Gasteiger partial charge on any atom is -0.475 e. The van der Waals surface area contributed by atoms with Crippen LogP contribution in [0.15, 0.2) is 51.1 Å². The second kappa shape index (κ2) is 4.18. The number of nitrogens with zero attached hydrogens (tertiary/aromatic N) is 1. The maximum absolute atomic E-state index is 10.5. The van der Waals surface area contributed by atoms with Gasteiger partial charge >= 0.3 is 5.97 Å². The molecule has 0 aliphatic rings. The molecule has 2 heterocycles. The molecule has 0 unspecified atom stereocenters. The molecule has 15 heavy (non-hydrogen) atoms.